The van der Waals surface area contributed by atoms with Crippen LogP contribution in [0.4, 0.5) is 0 Å². The van der Waals surface area contributed by atoms with E-state index in [0.29, 0.717) is 17.4 Å². The van der Waals surface area contributed by atoms with Crippen LogP contribution in [-0.2, 0) is 6.54 Å². The Balaban J connectivity index is 2.61. The van der Waals surface area contributed by atoms with Crippen molar-refractivity contribution >= 4 is 11.6 Å². The van der Waals surface area contributed by atoms with Gasteiger partial charge in [-0.1, -0.05) is 23.7 Å². The van der Waals surface area contributed by atoms with Crippen LogP contribution in [-0.4, -0.2) is 9.97 Å². The van der Waals surface area contributed by atoms with Crippen molar-refractivity contribution in [1.29, 1.82) is 0 Å². The number of rotatable bonds is 2. The molecule has 17 heavy (non-hydrogen) atoms. The highest BCUT2D eigenvalue weighted by molar-refractivity contribution is 6.33. The van der Waals surface area contributed by atoms with Crippen molar-refractivity contribution in [3.8, 4) is 11.4 Å². The van der Waals surface area contributed by atoms with E-state index in [0.717, 1.165) is 22.5 Å². The molecule has 2 rings (SSSR count). The molecule has 0 radical (unpaired) electrons. The third kappa shape index (κ3) is 2.30. The summed E-state index contributed by atoms with van der Waals surface area (Å²) in [4.78, 5) is 8.92. The lowest BCUT2D eigenvalue weighted by Crippen LogP contribution is -2.07. The van der Waals surface area contributed by atoms with Crippen LogP contribution in [0, 0.1) is 13.8 Å². The molecule has 88 valence electrons. The first kappa shape index (κ1) is 12.0. The first-order valence-electron chi connectivity index (χ1n) is 5.42. The van der Waals surface area contributed by atoms with Crippen molar-refractivity contribution in [3.63, 3.8) is 0 Å². The van der Waals surface area contributed by atoms with Gasteiger partial charge in [-0.3, -0.25) is 0 Å². The van der Waals surface area contributed by atoms with Crippen LogP contribution in [0.5, 0.6) is 0 Å². The molecule has 0 aliphatic rings. The maximum Gasteiger partial charge on any atom is 0.161 e. The Morgan fingerprint density at radius 1 is 1.18 bits per heavy atom. The molecule has 0 spiro atoms. The lowest BCUT2D eigenvalue weighted by atomic mass is 10.1. The number of nitrogens with two attached hydrogens (primary N) is 1. The molecule has 1 heterocycles. The molecule has 2 N–H and O–H groups in total. The van der Waals surface area contributed by atoms with Crippen LogP contribution in [0.15, 0.2) is 24.3 Å². The van der Waals surface area contributed by atoms with Gasteiger partial charge in [0.2, 0.25) is 0 Å². The molecule has 0 aliphatic heterocycles. The lowest BCUT2D eigenvalue weighted by molar-refractivity contribution is 0.926. The summed E-state index contributed by atoms with van der Waals surface area (Å²) in [5.41, 5.74) is 9.37. The number of hydrogen-bond donors (Lipinski definition) is 1. The maximum absolute atomic E-state index is 6.14. The fourth-order valence-electron chi connectivity index (χ4n) is 1.65. The van der Waals surface area contributed by atoms with E-state index in [4.69, 9.17) is 17.3 Å². The molecule has 1 aromatic carbocycles. The van der Waals surface area contributed by atoms with Crippen LogP contribution < -0.4 is 5.73 Å². The SMILES string of the molecule is Cc1nc(-c2ccccc2Cl)nc(CN)c1C. The summed E-state index contributed by atoms with van der Waals surface area (Å²) in [6.45, 7) is 4.34. The Bertz CT molecular complexity index is 552. The van der Waals surface area contributed by atoms with E-state index >= 15 is 0 Å². The second-order valence-corrected chi connectivity index (χ2v) is 4.30. The fourth-order valence-corrected chi connectivity index (χ4v) is 1.87. The molecular weight excluding hydrogens is 234 g/mol. The zero-order valence-electron chi connectivity index (χ0n) is 9.87. The van der Waals surface area contributed by atoms with Crippen molar-refractivity contribution in [3.05, 3.63) is 46.2 Å². The van der Waals surface area contributed by atoms with Gasteiger partial charge in [-0.25, -0.2) is 9.97 Å². The first-order valence-corrected chi connectivity index (χ1v) is 5.80. The van der Waals surface area contributed by atoms with Crippen molar-refractivity contribution in [1.82, 2.24) is 9.97 Å². The highest BCUT2D eigenvalue weighted by Gasteiger charge is 2.10. The van der Waals surface area contributed by atoms with Crippen LogP contribution in [0.25, 0.3) is 11.4 Å². The first-order chi connectivity index (χ1) is 8.13. The van der Waals surface area contributed by atoms with Crippen molar-refractivity contribution in [2.24, 2.45) is 5.73 Å². The van der Waals surface area contributed by atoms with Gasteiger partial charge >= 0.3 is 0 Å². The van der Waals surface area contributed by atoms with Gasteiger partial charge in [0.25, 0.3) is 0 Å². The standard InChI is InChI=1S/C13H14ClN3/c1-8-9(2)16-13(17-12(8)7-15)10-5-3-4-6-11(10)14/h3-6H,7,15H2,1-2H3. The normalized spacial score (nSPS) is 10.6. The van der Waals surface area contributed by atoms with Gasteiger partial charge < -0.3 is 5.73 Å². The molecule has 0 unspecified atom stereocenters. The Morgan fingerprint density at radius 3 is 2.53 bits per heavy atom. The summed E-state index contributed by atoms with van der Waals surface area (Å²) >= 11 is 6.14. The van der Waals surface area contributed by atoms with E-state index in [-0.39, 0.29) is 0 Å². The summed E-state index contributed by atoms with van der Waals surface area (Å²) in [6.07, 6.45) is 0. The fraction of sp³-hybridized carbons (Fsp3) is 0.231. The van der Waals surface area contributed by atoms with E-state index < -0.39 is 0 Å². The molecule has 0 saturated heterocycles. The van der Waals surface area contributed by atoms with Crippen molar-refractivity contribution in [2.45, 2.75) is 20.4 Å². The second kappa shape index (κ2) is 4.82. The van der Waals surface area contributed by atoms with Gasteiger partial charge in [-0.15, -0.1) is 0 Å². The van der Waals surface area contributed by atoms with Crippen molar-refractivity contribution < 1.29 is 0 Å². The molecule has 3 nitrogen and oxygen atoms in total. The summed E-state index contributed by atoms with van der Waals surface area (Å²) in [5, 5.41) is 0.652. The summed E-state index contributed by atoms with van der Waals surface area (Å²) in [5.74, 6) is 0.638. The lowest BCUT2D eigenvalue weighted by Gasteiger charge is -2.09. The van der Waals surface area contributed by atoms with Gasteiger partial charge in [0, 0.05) is 17.8 Å². The van der Waals surface area contributed by atoms with Gasteiger partial charge in [0.1, 0.15) is 0 Å². The second-order valence-electron chi connectivity index (χ2n) is 3.89. The number of hydrogen-bond acceptors (Lipinski definition) is 3. The van der Waals surface area contributed by atoms with Gasteiger partial charge in [0.05, 0.1) is 10.7 Å². The molecule has 0 atom stereocenters. The maximum atomic E-state index is 6.14. The quantitative estimate of drug-likeness (QED) is 0.888. The van der Waals surface area contributed by atoms with Crippen LogP contribution in [0.1, 0.15) is 17.0 Å². The predicted molar refractivity (Wildman–Crippen MR) is 69.8 cm³/mol. The molecule has 0 bridgehead atoms. The predicted octanol–water partition coefficient (Wildman–Crippen LogP) is 2.87. The molecule has 0 fully saturated rings. The zero-order valence-corrected chi connectivity index (χ0v) is 10.6. The van der Waals surface area contributed by atoms with E-state index in [1.807, 2.05) is 38.1 Å². The number of halogens is 1. The number of aryl methyl sites for hydroxylation is 1. The third-order valence-corrected chi connectivity index (χ3v) is 3.13. The van der Waals surface area contributed by atoms with Gasteiger partial charge in [-0.2, -0.15) is 0 Å². The van der Waals surface area contributed by atoms with E-state index in [1.165, 1.54) is 0 Å². The van der Waals surface area contributed by atoms with Gasteiger partial charge in [0.15, 0.2) is 5.82 Å². The van der Waals surface area contributed by atoms with E-state index in [9.17, 15) is 0 Å². The minimum atomic E-state index is 0.409. The van der Waals surface area contributed by atoms with Crippen LogP contribution in [0.3, 0.4) is 0 Å². The molecule has 0 saturated carbocycles. The molecule has 1 aromatic heterocycles. The Labute approximate surface area is 106 Å². The molecule has 2 aromatic rings. The summed E-state index contributed by atoms with van der Waals surface area (Å²) in [7, 11) is 0. The Hall–Kier alpha value is -1.45. The van der Waals surface area contributed by atoms with Gasteiger partial charge in [-0.05, 0) is 31.5 Å². The molecule has 0 amide bonds. The largest absolute Gasteiger partial charge is 0.325 e. The Morgan fingerprint density at radius 2 is 1.88 bits per heavy atom. The minimum absolute atomic E-state index is 0.409. The third-order valence-electron chi connectivity index (χ3n) is 2.80. The molecule has 0 aliphatic carbocycles. The summed E-state index contributed by atoms with van der Waals surface area (Å²) < 4.78 is 0. The monoisotopic (exact) mass is 247 g/mol. The summed E-state index contributed by atoms with van der Waals surface area (Å²) in [6, 6.07) is 7.54. The number of nitrogens with zero attached hydrogens (tertiary/aromatic N) is 2. The van der Waals surface area contributed by atoms with Crippen LogP contribution in [0.2, 0.25) is 5.02 Å². The average molecular weight is 248 g/mol. The smallest absolute Gasteiger partial charge is 0.161 e. The highest BCUT2D eigenvalue weighted by atomic mass is 35.5. The molecular formula is C13H14ClN3. The van der Waals surface area contributed by atoms with E-state index in [2.05, 4.69) is 9.97 Å². The molecule has 4 heteroatoms. The zero-order chi connectivity index (χ0) is 12.4. The van der Waals surface area contributed by atoms with E-state index in [1.54, 1.807) is 0 Å². The van der Waals surface area contributed by atoms with Crippen LogP contribution >= 0.6 is 11.6 Å². The average Bonchev–Trinajstić information content (AvgIpc) is 2.33. The van der Waals surface area contributed by atoms with Crippen molar-refractivity contribution in [2.75, 3.05) is 0 Å². The minimum Gasteiger partial charge on any atom is -0.325 e. The number of benzene rings is 1. The Kier molecular flexibility index (Phi) is 3.41. The highest BCUT2D eigenvalue weighted by Crippen LogP contribution is 2.25. The topological polar surface area (TPSA) is 51.8 Å². The number of aromatic nitrogens is 2.